The summed E-state index contributed by atoms with van der Waals surface area (Å²) < 4.78 is 22.5. The van der Waals surface area contributed by atoms with E-state index in [-0.39, 0.29) is 18.9 Å². The molecule has 14 nitrogen and oxygen atoms in total. The molecule has 0 aromatic rings. The Morgan fingerprint density at radius 2 is 1.13 bits per heavy atom. The van der Waals surface area contributed by atoms with Crippen molar-refractivity contribution in [1.82, 2.24) is 5.32 Å². The number of hydrogen-bond acceptors (Lipinski definition) is 13. The molecule has 0 radical (unpaired) electrons. The zero-order valence-electron chi connectivity index (χ0n) is 33.7. The van der Waals surface area contributed by atoms with Crippen molar-refractivity contribution in [1.29, 1.82) is 0 Å². The molecule has 0 aromatic carbocycles. The molecule has 55 heavy (non-hydrogen) atoms. The Hall–Kier alpha value is -1.27. The van der Waals surface area contributed by atoms with E-state index in [4.69, 9.17) is 18.9 Å². The number of carbonyl (C=O) groups is 1. The number of hydrogen-bond donors (Lipinski definition) is 9. The molecular formula is C41H77NO13. The lowest BCUT2D eigenvalue weighted by Gasteiger charge is -2.46. The normalized spacial score (nSPS) is 29.8. The van der Waals surface area contributed by atoms with Crippen LogP contribution in [0.3, 0.4) is 0 Å². The van der Waals surface area contributed by atoms with Crippen LogP contribution in [0, 0.1) is 0 Å². The number of aliphatic hydroxyl groups is 8. The number of nitrogens with one attached hydrogen (secondary N) is 1. The summed E-state index contributed by atoms with van der Waals surface area (Å²) in [6, 6.07) is -0.904. The summed E-state index contributed by atoms with van der Waals surface area (Å²) in [4.78, 5) is 12.9. The third kappa shape index (κ3) is 18.9. The minimum atomic E-state index is -1.78. The van der Waals surface area contributed by atoms with Crippen LogP contribution in [0.4, 0.5) is 0 Å². The first kappa shape index (κ1) is 49.9. The monoisotopic (exact) mass is 792 g/mol. The molecule has 1 amide bonds. The van der Waals surface area contributed by atoms with Crippen LogP contribution in [0.2, 0.25) is 0 Å². The molecule has 324 valence electrons. The minimum Gasteiger partial charge on any atom is -0.394 e. The fourth-order valence-electron chi connectivity index (χ4n) is 7.11. The zero-order valence-corrected chi connectivity index (χ0v) is 33.7. The van der Waals surface area contributed by atoms with Gasteiger partial charge in [-0.2, -0.15) is 0 Å². The molecule has 2 aliphatic rings. The molecule has 12 unspecified atom stereocenters. The number of rotatable bonds is 31. The number of amides is 1. The molecule has 0 saturated carbocycles. The van der Waals surface area contributed by atoms with Gasteiger partial charge >= 0.3 is 0 Å². The van der Waals surface area contributed by atoms with Crippen molar-refractivity contribution in [3.8, 4) is 0 Å². The SMILES string of the molecule is CCCCCCCCCCCCCCC/C=C/C(O)C(COC1OC(CO)C(OC2OC(CO)C(O)C(O)C2O)C(O)C1O)NC(=O)CCCCCCCC. The van der Waals surface area contributed by atoms with Gasteiger partial charge in [0.2, 0.25) is 5.91 Å². The molecule has 2 heterocycles. The van der Waals surface area contributed by atoms with Gasteiger partial charge in [-0.1, -0.05) is 135 Å². The smallest absolute Gasteiger partial charge is 0.220 e. The van der Waals surface area contributed by atoms with E-state index >= 15 is 0 Å². The van der Waals surface area contributed by atoms with E-state index in [2.05, 4.69) is 19.2 Å². The van der Waals surface area contributed by atoms with E-state index in [9.17, 15) is 45.6 Å². The Morgan fingerprint density at radius 3 is 1.67 bits per heavy atom. The van der Waals surface area contributed by atoms with E-state index in [0.29, 0.717) is 6.42 Å². The van der Waals surface area contributed by atoms with Crippen molar-refractivity contribution >= 4 is 5.91 Å². The minimum absolute atomic E-state index is 0.251. The third-order valence-electron chi connectivity index (χ3n) is 10.7. The molecule has 0 spiro atoms. The number of aliphatic hydroxyl groups excluding tert-OH is 8. The number of unbranched alkanes of at least 4 members (excludes halogenated alkanes) is 18. The zero-order chi connectivity index (χ0) is 40.4. The highest BCUT2D eigenvalue weighted by molar-refractivity contribution is 5.76. The maximum absolute atomic E-state index is 12.9. The van der Waals surface area contributed by atoms with E-state index < -0.39 is 86.8 Å². The summed E-state index contributed by atoms with van der Waals surface area (Å²) in [5.41, 5.74) is 0. The quantitative estimate of drug-likeness (QED) is 0.0364. The highest BCUT2D eigenvalue weighted by Gasteiger charge is 2.50. The van der Waals surface area contributed by atoms with Crippen LogP contribution >= 0.6 is 0 Å². The lowest BCUT2D eigenvalue weighted by molar-refractivity contribution is -0.359. The Bertz CT molecular complexity index is 988. The molecule has 2 aliphatic heterocycles. The number of carbonyl (C=O) groups excluding carboxylic acids is 1. The number of ether oxygens (including phenoxy) is 4. The van der Waals surface area contributed by atoms with Crippen molar-refractivity contribution in [3.63, 3.8) is 0 Å². The van der Waals surface area contributed by atoms with Crippen LogP contribution in [0.25, 0.3) is 0 Å². The van der Waals surface area contributed by atoms with Gasteiger partial charge in [-0.15, -0.1) is 0 Å². The Morgan fingerprint density at radius 1 is 0.636 bits per heavy atom. The molecule has 0 aromatic heterocycles. The highest BCUT2D eigenvalue weighted by atomic mass is 16.7. The standard InChI is InChI=1S/C41H77NO13/c1-3-5-7-9-11-12-13-14-15-16-17-18-19-20-22-24-30(45)29(42-33(46)25-23-21-10-8-6-4-2)28-52-40-38(51)36(49)39(32(27-44)54-40)55-41-37(50)35(48)34(47)31(26-43)53-41/h22,24,29-32,34-41,43-45,47-51H,3-21,23,25-28H2,1-2H3,(H,42,46)/b24-22+. The van der Waals surface area contributed by atoms with Crippen LogP contribution in [-0.4, -0.2) is 140 Å². The molecule has 14 heteroatoms. The molecule has 0 aliphatic carbocycles. The summed E-state index contributed by atoms with van der Waals surface area (Å²) in [6.45, 7) is 2.68. The predicted molar refractivity (Wildman–Crippen MR) is 208 cm³/mol. The predicted octanol–water partition coefficient (Wildman–Crippen LogP) is 3.26. The second-order valence-electron chi connectivity index (χ2n) is 15.5. The van der Waals surface area contributed by atoms with Gasteiger partial charge in [0.1, 0.15) is 48.8 Å². The van der Waals surface area contributed by atoms with Crippen molar-refractivity contribution in [2.24, 2.45) is 0 Å². The summed E-state index contributed by atoms with van der Waals surface area (Å²) in [7, 11) is 0. The van der Waals surface area contributed by atoms with E-state index in [1.165, 1.54) is 70.6 Å². The van der Waals surface area contributed by atoms with Crippen LogP contribution in [0.5, 0.6) is 0 Å². The Labute approximate surface area is 329 Å². The van der Waals surface area contributed by atoms with Gasteiger partial charge in [-0.25, -0.2) is 0 Å². The van der Waals surface area contributed by atoms with Crippen molar-refractivity contribution < 1.29 is 64.6 Å². The van der Waals surface area contributed by atoms with E-state index in [1.54, 1.807) is 6.08 Å². The molecule has 9 N–H and O–H groups in total. The second kappa shape index (κ2) is 29.9. The average Bonchev–Trinajstić information content (AvgIpc) is 3.18. The van der Waals surface area contributed by atoms with Crippen molar-refractivity contribution in [2.75, 3.05) is 19.8 Å². The molecule has 2 rings (SSSR count). The third-order valence-corrected chi connectivity index (χ3v) is 10.7. The number of allylic oxidation sites excluding steroid dienone is 1. The average molecular weight is 792 g/mol. The summed E-state index contributed by atoms with van der Waals surface area (Å²) >= 11 is 0. The maximum Gasteiger partial charge on any atom is 0.220 e. The van der Waals surface area contributed by atoms with E-state index in [1.807, 2.05) is 6.08 Å². The molecular weight excluding hydrogens is 714 g/mol. The van der Waals surface area contributed by atoms with Gasteiger partial charge in [-0.05, 0) is 19.3 Å². The summed E-state index contributed by atoms with van der Waals surface area (Å²) in [6.07, 6.45) is 10.1. The second-order valence-corrected chi connectivity index (χ2v) is 15.5. The molecule has 2 fully saturated rings. The Kier molecular flexibility index (Phi) is 27.1. The molecule has 0 bridgehead atoms. The van der Waals surface area contributed by atoms with Crippen molar-refractivity contribution in [3.05, 3.63) is 12.2 Å². The molecule has 2 saturated heterocycles. The first-order valence-electron chi connectivity index (χ1n) is 21.4. The van der Waals surface area contributed by atoms with Gasteiger partial charge in [0, 0.05) is 6.42 Å². The largest absolute Gasteiger partial charge is 0.394 e. The first-order chi connectivity index (χ1) is 26.6. The fourth-order valence-corrected chi connectivity index (χ4v) is 7.11. The highest BCUT2D eigenvalue weighted by Crippen LogP contribution is 2.30. The van der Waals surface area contributed by atoms with Gasteiger partial charge in [-0.3, -0.25) is 4.79 Å². The van der Waals surface area contributed by atoms with Gasteiger partial charge in [0.05, 0.1) is 32.0 Å². The van der Waals surface area contributed by atoms with E-state index in [0.717, 1.165) is 51.4 Å². The van der Waals surface area contributed by atoms with Gasteiger partial charge in [0.15, 0.2) is 12.6 Å². The van der Waals surface area contributed by atoms with Gasteiger partial charge in [0.25, 0.3) is 0 Å². The van der Waals surface area contributed by atoms with Crippen LogP contribution in [0.15, 0.2) is 12.2 Å². The van der Waals surface area contributed by atoms with Gasteiger partial charge < -0.3 is 65.1 Å². The van der Waals surface area contributed by atoms with Crippen LogP contribution < -0.4 is 5.32 Å². The first-order valence-corrected chi connectivity index (χ1v) is 21.4. The lowest BCUT2D eigenvalue weighted by atomic mass is 9.97. The fraction of sp³-hybridized carbons (Fsp3) is 0.927. The van der Waals surface area contributed by atoms with Crippen molar-refractivity contribution in [2.45, 2.75) is 222 Å². The molecule has 12 atom stereocenters. The summed E-state index contributed by atoms with van der Waals surface area (Å²) in [5.74, 6) is -0.251. The van der Waals surface area contributed by atoms with Crippen LogP contribution in [0.1, 0.15) is 149 Å². The Balaban J connectivity index is 1.90. The van der Waals surface area contributed by atoms with Crippen LogP contribution in [-0.2, 0) is 23.7 Å². The maximum atomic E-state index is 12.9. The topological polar surface area (TPSA) is 228 Å². The summed E-state index contributed by atoms with van der Waals surface area (Å²) in [5, 5.41) is 86.1. The lowest BCUT2D eigenvalue weighted by Crippen LogP contribution is -2.65.